The number of methoxy groups -OCH3 is 1. The molecule has 0 atom stereocenters. The van der Waals surface area contributed by atoms with E-state index in [9.17, 15) is 13.2 Å². The Hall–Kier alpha value is -3.39. The van der Waals surface area contributed by atoms with Gasteiger partial charge in [0.25, 0.3) is 10.0 Å². The molecule has 4 rings (SSSR count). The lowest BCUT2D eigenvalue weighted by molar-refractivity contribution is 0.0596. The third kappa shape index (κ3) is 3.11. The molecule has 0 amide bonds. The zero-order valence-electron chi connectivity index (χ0n) is 14.3. The van der Waals surface area contributed by atoms with Gasteiger partial charge in [-0.15, -0.1) is 0 Å². The Morgan fingerprint density at radius 1 is 1.04 bits per heavy atom. The first-order chi connectivity index (χ1) is 13.0. The molecule has 2 N–H and O–H groups in total. The molecule has 0 aliphatic rings. The number of carbonyl (C=O) groups is 1. The average molecular weight is 381 g/mol. The van der Waals surface area contributed by atoms with Crippen LogP contribution in [0.25, 0.3) is 21.7 Å². The fraction of sp³-hybridized carbons (Fsp3) is 0.0526. The van der Waals surface area contributed by atoms with Gasteiger partial charge in [-0.25, -0.2) is 13.2 Å². The highest BCUT2D eigenvalue weighted by atomic mass is 32.2. The van der Waals surface area contributed by atoms with Gasteiger partial charge in [0.1, 0.15) is 0 Å². The molecule has 0 aliphatic heterocycles. The summed E-state index contributed by atoms with van der Waals surface area (Å²) in [4.78, 5) is 11.9. The van der Waals surface area contributed by atoms with Gasteiger partial charge in [-0.1, -0.05) is 30.3 Å². The maximum atomic E-state index is 12.8. The van der Waals surface area contributed by atoms with E-state index in [1.165, 1.54) is 7.11 Å². The number of aromatic amines is 1. The fourth-order valence-electron chi connectivity index (χ4n) is 2.88. The molecule has 0 fully saturated rings. The van der Waals surface area contributed by atoms with Gasteiger partial charge >= 0.3 is 5.97 Å². The van der Waals surface area contributed by atoms with Crippen LogP contribution in [0, 0.1) is 0 Å². The van der Waals surface area contributed by atoms with E-state index >= 15 is 0 Å². The van der Waals surface area contributed by atoms with Gasteiger partial charge in [-0.05, 0) is 41.1 Å². The number of anilines is 1. The molecular formula is C19H15N3O4S. The third-order valence-electron chi connectivity index (χ3n) is 4.23. The van der Waals surface area contributed by atoms with Crippen molar-refractivity contribution in [2.45, 2.75) is 4.90 Å². The number of esters is 1. The lowest BCUT2D eigenvalue weighted by atomic mass is 10.1. The second-order valence-electron chi connectivity index (χ2n) is 5.94. The quantitative estimate of drug-likeness (QED) is 0.528. The van der Waals surface area contributed by atoms with E-state index in [4.69, 9.17) is 4.74 Å². The van der Waals surface area contributed by atoms with Crippen LogP contribution in [0.3, 0.4) is 0 Å². The molecule has 7 nitrogen and oxygen atoms in total. The van der Waals surface area contributed by atoms with E-state index in [2.05, 4.69) is 14.9 Å². The summed E-state index contributed by atoms with van der Waals surface area (Å²) in [7, 11) is -2.53. The normalized spacial score (nSPS) is 11.6. The van der Waals surface area contributed by atoms with Crippen LogP contribution >= 0.6 is 0 Å². The number of H-pyrrole nitrogens is 1. The molecule has 0 spiro atoms. The number of aromatic nitrogens is 2. The Balaban J connectivity index is 1.72. The minimum absolute atomic E-state index is 0.0965. The van der Waals surface area contributed by atoms with Gasteiger partial charge in [0.15, 0.2) is 5.69 Å². The molecule has 0 bridgehead atoms. The largest absolute Gasteiger partial charge is 0.464 e. The number of hydrogen-bond donors (Lipinski definition) is 2. The van der Waals surface area contributed by atoms with E-state index in [1.54, 1.807) is 36.4 Å². The molecule has 0 unspecified atom stereocenters. The minimum Gasteiger partial charge on any atom is -0.464 e. The van der Waals surface area contributed by atoms with Crippen molar-refractivity contribution in [1.82, 2.24) is 10.2 Å². The maximum Gasteiger partial charge on any atom is 0.359 e. The first-order valence-electron chi connectivity index (χ1n) is 8.06. The van der Waals surface area contributed by atoms with Crippen LogP contribution in [0.5, 0.6) is 0 Å². The molecule has 27 heavy (non-hydrogen) atoms. The molecule has 0 saturated carbocycles. The molecular weight excluding hydrogens is 366 g/mol. The van der Waals surface area contributed by atoms with E-state index in [0.29, 0.717) is 16.6 Å². The summed E-state index contributed by atoms with van der Waals surface area (Å²) >= 11 is 0. The number of carbonyl (C=O) groups excluding carboxylic acids is 1. The van der Waals surface area contributed by atoms with Crippen molar-refractivity contribution >= 4 is 43.4 Å². The molecule has 3 aromatic carbocycles. The van der Waals surface area contributed by atoms with Crippen molar-refractivity contribution in [3.8, 4) is 0 Å². The summed E-state index contributed by atoms with van der Waals surface area (Å²) in [6, 6.07) is 17.3. The van der Waals surface area contributed by atoms with Crippen molar-refractivity contribution < 1.29 is 17.9 Å². The summed E-state index contributed by atoms with van der Waals surface area (Å²) in [5, 5.41) is 8.90. The van der Waals surface area contributed by atoms with Crippen LogP contribution in [0.2, 0.25) is 0 Å². The third-order valence-corrected chi connectivity index (χ3v) is 5.60. The van der Waals surface area contributed by atoms with E-state index in [1.807, 2.05) is 24.3 Å². The van der Waals surface area contributed by atoms with Crippen LogP contribution in [0.1, 0.15) is 10.5 Å². The topological polar surface area (TPSA) is 101 Å². The zero-order chi connectivity index (χ0) is 19.0. The lowest BCUT2D eigenvalue weighted by Gasteiger charge is -2.09. The van der Waals surface area contributed by atoms with E-state index < -0.39 is 16.0 Å². The number of benzene rings is 3. The lowest BCUT2D eigenvalue weighted by Crippen LogP contribution is -2.13. The predicted octanol–water partition coefficient (Wildman–Crippen LogP) is 3.30. The monoisotopic (exact) mass is 381 g/mol. The smallest absolute Gasteiger partial charge is 0.359 e. The Morgan fingerprint density at radius 2 is 1.81 bits per heavy atom. The van der Waals surface area contributed by atoms with Gasteiger partial charge < -0.3 is 4.74 Å². The molecule has 0 radical (unpaired) electrons. The van der Waals surface area contributed by atoms with Gasteiger partial charge in [0, 0.05) is 11.1 Å². The highest BCUT2D eigenvalue weighted by molar-refractivity contribution is 7.92. The molecule has 1 aromatic heterocycles. The Bertz CT molecular complexity index is 1280. The minimum atomic E-state index is -3.79. The average Bonchev–Trinajstić information content (AvgIpc) is 3.10. The van der Waals surface area contributed by atoms with Crippen LogP contribution in [0.4, 0.5) is 5.69 Å². The van der Waals surface area contributed by atoms with Gasteiger partial charge in [-0.2, -0.15) is 5.10 Å². The Kier molecular flexibility index (Phi) is 4.04. The first-order valence-corrected chi connectivity index (χ1v) is 9.54. The number of nitrogens with zero attached hydrogens (tertiary/aromatic N) is 1. The highest BCUT2D eigenvalue weighted by Crippen LogP contribution is 2.25. The first kappa shape index (κ1) is 17.0. The molecule has 136 valence electrons. The maximum absolute atomic E-state index is 12.8. The summed E-state index contributed by atoms with van der Waals surface area (Å²) in [5.41, 5.74) is 1.02. The summed E-state index contributed by atoms with van der Waals surface area (Å²) in [6.45, 7) is 0. The summed E-state index contributed by atoms with van der Waals surface area (Å²) in [6.07, 6.45) is 0. The SMILES string of the molecule is COC(=O)c1n[nH]c2ccc(NS(=O)(=O)c3ccc4ccccc4c3)cc12. The summed E-state index contributed by atoms with van der Waals surface area (Å²) < 4.78 is 32.8. The number of nitrogens with one attached hydrogen (secondary N) is 2. The number of sulfonamides is 1. The van der Waals surface area contributed by atoms with Crippen LogP contribution in [-0.4, -0.2) is 31.7 Å². The van der Waals surface area contributed by atoms with Gasteiger partial charge in [0.05, 0.1) is 17.5 Å². The number of fused-ring (bicyclic) bond motifs is 2. The van der Waals surface area contributed by atoms with Crippen LogP contribution in [-0.2, 0) is 14.8 Å². The van der Waals surface area contributed by atoms with Gasteiger partial charge in [-0.3, -0.25) is 9.82 Å². The van der Waals surface area contributed by atoms with Crippen LogP contribution < -0.4 is 4.72 Å². The second-order valence-corrected chi connectivity index (χ2v) is 7.62. The zero-order valence-corrected chi connectivity index (χ0v) is 15.1. The predicted molar refractivity (Wildman–Crippen MR) is 102 cm³/mol. The molecule has 1 heterocycles. The van der Waals surface area contributed by atoms with Crippen molar-refractivity contribution in [3.63, 3.8) is 0 Å². The van der Waals surface area contributed by atoms with Crippen molar-refractivity contribution in [1.29, 1.82) is 0 Å². The van der Waals surface area contributed by atoms with Crippen molar-refractivity contribution in [2.24, 2.45) is 0 Å². The van der Waals surface area contributed by atoms with E-state index in [0.717, 1.165) is 10.8 Å². The van der Waals surface area contributed by atoms with Gasteiger partial charge in [0.2, 0.25) is 0 Å². The molecule has 4 aromatic rings. The highest BCUT2D eigenvalue weighted by Gasteiger charge is 2.18. The van der Waals surface area contributed by atoms with Crippen molar-refractivity contribution in [3.05, 3.63) is 66.4 Å². The standard InChI is InChI=1S/C19H15N3O4S/c1-26-19(23)18-16-11-14(7-9-17(16)20-21-18)22-27(24,25)15-8-6-12-4-2-3-5-13(12)10-15/h2-11,22H,1H3,(H,20,21). The number of ether oxygens (including phenoxy) is 1. The summed E-state index contributed by atoms with van der Waals surface area (Å²) in [5.74, 6) is -0.601. The Labute approximate surface area is 155 Å². The van der Waals surface area contributed by atoms with Crippen LogP contribution in [0.15, 0.2) is 65.6 Å². The Morgan fingerprint density at radius 3 is 2.59 bits per heavy atom. The van der Waals surface area contributed by atoms with E-state index in [-0.39, 0.29) is 10.6 Å². The molecule has 8 heteroatoms. The fourth-order valence-corrected chi connectivity index (χ4v) is 3.96. The number of rotatable bonds is 4. The number of hydrogen-bond acceptors (Lipinski definition) is 5. The van der Waals surface area contributed by atoms with Crippen molar-refractivity contribution in [2.75, 3.05) is 11.8 Å². The second kappa shape index (κ2) is 6.40. The molecule has 0 saturated heterocycles. The molecule has 0 aliphatic carbocycles.